The summed E-state index contributed by atoms with van der Waals surface area (Å²) in [4.78, 5) is 9.94. The molecule has 0 bridgehead atoms. The van der Waals surface area contributed by atoms with Crippen LogP contribution in [-0.2, 0) is 15.7 Å². The molecule has 0 spiro atoms. The molecule has 0 amide bonds. The zero-order chi connectivity index (χ0) is 15.5. The van der Waals surface area contributed by atoms with E-state index in [0.29, 0.717) is 0 Å². The summed E-state index contributed by atoms with van der Waals surface area (Å²) in [5.41, 5.74) is 0.383. The summed E-state index contributed by atoms with van der Waals surface area (Å²) in [6, 6.07) is 12.3. The molecule has 0 unspecified atom stereocenters. The zero-order valence-corrected chi connectivity index (χ0v) is 12.2. The third-order valence-electron chi connectivity index (χ3n) is 2.65. The maximum Gasteiger partial charge on any atom is 0.312 e. The molecule has 0 atom stereocenters. The Balaban J connectivity index is 2.29. The van der Waals surface area contributed by atoms with Crippen molar-refractivity contribution in [1.29, 1.82) is 0 Å². The highest BCUT2D eigenvalue weighted by atomic mass is 35.7. The van der Waals surface area contributed by atoms with Crippen LogP contribution in [0.3, 0.4) is 0 Å². The molecule has 0 heterocycles. The number of nitro groups is 1. The van der Waals surface area contributed by atoms with Crippen LogP contribution >= 0.6 is 10.7 Å². The average molecular weight is 328 g/mol. The Morgan fingerprint density at radius 2 is 1.81 bits per heavy atom. The fraction of sp³-hybridized carbons (Fsp3) is 0.0769. The Labute approximate surface area is 125 Å². The van der Waals surface area contributed by atoms with Crippen LogP contribution in [0.2, 0.25) is 0 Å². The highest BCUT2D eigenvalue weighted by molar-refractivity contribution is 8.13. The van der Waals surface area contributed by atoms with E-state index in [0.717, 1.165) is 17.7 Å². The SMILES string of the molecule is O=[N+]([O-])c1cc(S(=O)(=O)Cl)ccc1OCc1ccccc1. The monoisotopic (exact) mass is 327 g/mol. The van der Waals surface area contributed by atoms with Gasteiger partial charge in [0.25, 0.3) is 9.05 Å². The molecule has 0 N–H and O–H groups in total. The van der Waals surface area contributed by atoms with E-state index in [1.54, 1.807) is 0 Å². The minimum absolute atomic E-state index is 0.0204. The Morgan fingerprint density at radius 1 is 1.14 bits per heavy atom. The molecule has 0 fully saturated rings. The van der Waals surface area contributed by atoms with E-state index in [9.17, 15) is 18.5 Å². The van der Waals surface area contributed by atoms with E-state index in [4.69, 9.17) is 15.4 Å². The Kier molecular flexibility index (Phi) is 4.44. The van der Waals surface area contributed by atoms with Gasteiger partial charge in [-0.05, 0) is 17.7 Å². The van der Waals surface area contributed by atoms with E-state index in [1.807, 2.05) is 30.3 Å². The molecule has 2 rings (SSSR count). The van der Waals surface area contributed by atoms with Crippen molar-refractivity contribution in [3.8, 4) is 5.75 Å². The van der Waals surface area contributed by atoms with Gasteiger partial charge in [-0.25, -0.2) is 8.42 Å². The third kappa shape index (κ3) is 3.93. The Bertz CT molecular complexity index is 761. The van der Waals surface area contributed by atoms with Crippen molar-refractivity contribution >= 4 is 25.4 Å². The molecular weight excluding hydrogens is 318 g/mol. The maximum absolute atomic E-state index is 11.2. The van der Waals surface area contributed by atoms with Gasteiger partial charge in [-0.3, -0.25) is 10.1 Å². The quantitative estimate of drug-likeness (QED) is 0.478. The molecule has 0 aliphatic heterocycles. The number of benzene rings is 2. The molecule has 6 nitrogen and oxygen atoms in total. The summed E-state index contributed by atoms with van der Waals surface area (Å²) in [5.74, 6) is -0.0204. The molecular formula is C13H10ClNO5S. The van der Waals surface area contributed by atoms with E-state index >= 15 is 0 Å². The first-order valence-corrected chi connectivity index (χ1v) is 8.08. The molecule has 8 heteroatoms. The van der Waals surface area contributed by atoms with Gasteiger partial charge in [0, 0.05) is 16.7 Å². The molecule has 0 aliphatic carbocycles. The predicted octanol–water partition coefficient (Wildman–Crippen LogP) is 3.10. The number of hydrogen-bond donors (Lipinski definition) is 0. The van der Waals surface area contributed by atoms with E-state index in [1.165, 1.54) is 6.07 Å². The molecule has 2 aromatic carbocycles. The lowest BCUT2D eigenvalue weighted by molar-refractivity contribution is -0.386. The lowest BCUT2D eigenvalue weighted by Gasteiger charge is -2.07. The standard InChI is InChI=1S/C13H10ClNO5S/c14-21(18,19)11-6-7-13(12(8-11)15(16)17)20-9-10-4-2-1-3-5-10/h1-8H,9H2. The number of hydrogen-bond acceptors (Lipinski definition) is 5. The third-order valence-corrected chi connectivity index (χ3v) is 4.00. The van der Waals surface area contributed by atoms with Crippen LogP contribution in [-0.4, -0.2) is 13.3 Å². The predicted molar refractivity (Wildman–Crippen MR) is 76.9 cm³/mol. The second-order valence-corrected chi connectivity index (χ2v) is 6.66. The average Bonchev–Trinajstić information content (AvgIpc) is 2.45. The van der Waals surface area contributed by atoms with Gasteiger partial charge in [-0.2, -0.15) is 0 Å². The van der Waals surface area contributed by atoms with Gasteiger partial charge in [0.2, 0.25) is 0 Å². The summed E-state index contributed by atoms with van der Waals surface area (Å²) < 4.78 is 27.8. The van der Waals surface area contributed by atoms with E-state index in [2.05, 4.69) is 0 Å². The summed E-state index contributed by atoms with van der Waals surface area (Å²) in [5, 5.41) is 11.0. The number of nitrogens with zero attached hydrogens (tertiary/aromatic N) is 1. The highest BCUT2D eigenvalue weighted by Crippen LogP contribution is 2.31. The van der Waals surface area contributed by atoms with Crippen LogP contribution in [0.4, 0.5) is 5.69 Å². The van der Waals surface area contributed by atoms with Gasteiger partial charge in [0.1, 0.15) is 6.61 Å². The lowest BCUT2D eigenvalue weighted by Crippen LogP contribution is -2.01. The first-order chi connectivity index (χ1) is 9.88. The summed E-state index contributed by atoms with van der Waals surface area (Å²) in [6.45, 7) is 0.134. The second-order valence-electron chi connectivity index (χ2n) is 4.10. The topological polar surface area (TPSA) is 86.5 Å². The fourth-order valence-electron chi connectivity index (χ4n) is 1.65. The summed E-state index contributed by atoms with van der Waals surface area (Å²) in [7, 11) is 1.14. The van der Waals surface area contributed by atoms with Crippen molar-refractivity contribution in [2.45, 2.75) is 11.5 Å². The van der Waals surface area contributed by atoms with Crippen molar-refractivity contribution in [1.82, 2.24) is 0 Å². The van der Waals surface area contributed by atoms with Gasteiger partial charge >= 0.3 is 5.69 Å². The minimum Gasteiger partial charge on any atom is -0.482 e. The smallest absolute Gasteiger partial charge is 0.312 e. The first-order valence-electron chi connectivity index (χ1n) is 5.78. The van der Waals surface area contributed by atoms with Crippen LogP contribution in [0.25, 0.3) is 0 Å². The highest BCUT2D eigenvalue weighted by Gasteiger charge is 2.20. The van der Waals surface area contributed by atoms with Gasteiger partial charge in [-0.1, -0.05) is 30.3 Å². The second kappa shape index (κ2) is 6.11. The van der Waals surface area contributed by atoms with Gasteiger partial charge < -0.3 is 4.74 Å². The van der Waals surface area contributed by atoms with E-state index < -0.39 is 19.7 Å². The molecule has 110 valence electrons. The van der Waals surface area contributed by atoms with Gasteiger partial charge in [-0.15, -0.1) is 0 Å². The normalized spacial score (nSPS) is 11.1. The fourth-order valence-corrected chi connectivity index (χ4v) is 2.42. The molecule has 0 saturated carbocycles. The molecule has 2 aromatic rings. The Morgan fingerprint density at radius 3 is 2.38 bits per heavy atom. The lowest BCUT2D eigenvalue weighted by atomic mass is 10.2. The van der Waals surface area contributed by atoms with Crippen molar-refractivity contribution in [3.63, 3.8) is 0 Å². The molecule has 0 saturated heterocycles. The van der Waals surface area contributed by atoms with Crippen LogP contribution in [0.5, 0.6) is 5.75 Å². The zero-order valence-electron chi connectivity index (χ0n) is 10.6. The van der Waals surface area contributed by atoms with Crippen LogP contribution in [0.1, 0.15) is 5.56 Å². The minimum atomic E-state index is -4.03. The number of halogens is 1. The molecule has 0 aromatic heterocycles. The van der Waals surface area contributed by atoms with Crippen molar-refractivity contribution in [2.24, 2.45) is 0 Å². The summed E-state index contributed by atoms with van der Waals surface area (Å²) >= 11 is 0. The maximum atomic E-state index is 11.2. The largest absolute Gasteiger partial charge is 0.482 e. The number of ether oxygens (including phenoxy) is 1. The van der Waals surface area contributed by atoms with Crippen molar-refractivity contribution in [2.75, 3.05) is 0 Å². The van der Waals surface area contributed by atoms with Crippen molar-refractivity contribution in [3.05, 3.63) is 64.2 Å². The van der Waals surface area contributed by atoms with Crippen LogP contribution < -0.4 is 4.74 Å². The number of rotatable bonds is 5. The Hall–Kier alpha value is -2.12. The first kappa shape index (κ1) is 15.3. The molecule has 0 aliphatic rings. The van der Waals surface area contributed by atoms with Gasteiger partial charge in [0.15, 0.2) is 5.75 Å². The summed E-state index contributed by atoms with van der Waals surface area (Å²) in [6.07, 6.45) is 0. The van der Waals surface area contributed by atoms with Crippen molar-refractivity contribution < 1.29 is 18.1 Å². The van der Waals surface area contributed by atoms with Gasteiger partial charge in [0.05, 0.1) is 9.82 Å². The van der Waals surface area contributed by atoms with Crippen LogP contribution in [0, 0.1) is 10.1 Å². The molecule has 21 heavy (non-hydrogen) atoms. The van der Waals surface area contributed by atoms with E-state index in [-0.39, 0.29) is 17.3 Å². The molecule has 0 radical (unpaired) electrons. The number of nitro benzene ring substituents is 1. The van der Waals surface area contributed by atoms with Crippen LogP contribution in [0.15, 0.2) is 53.4 Å².